The molecular weight excluding hydrogens is 510 g/mol. The Morgan fingerprint density at radius 2 is 1.08 bits per heavy atom. The third-order valence-corrected chi connectivity index (χ3v) is 5.34. The molecule has 1 atom stereocenters. The molecule has 0 heterocycles. The van der Waals surface area contributed by atoms with Gasteiger partial charge in [-0.15, -0.1) is 0 Å². The van der Waals surface area contributed by atoms with Gasteiger partial charge in [-0.25, -0.2) is 4.79 Å². The highest BCUT2D eigenvalue weighted by atomic mass is 16.6. The van der Waals surface area contributed by atoms with Gasteiger partial charge in [0.2, 0.25) is 0 Å². The summed E-state index contributed by atoms with van der Waals surface area (Å²) >= 11 is 0. The summed E-state index contributed by atoms with van der Waals surface area (Å²) in [7, 11) is 1.68. The molecule has 0 N–H and O–H groups in total. The Labute approximate surface area is 236 Å². The van der Waals surface area contributed by atoms with Crippen LogP contribution in [0.15, 0.2) is 0 Å². The highest BCUT2D eigenvalue weighted by Gasteiger charge is 2.19. The fourth-order valence-corrected chi connectivity index (χ4v) is 3.09. The van der Waals surface area contributed by atoms with Crippen molar-refractivity contribution in [2.45, 2.75) is 65.9 Å². The molecule has 11 nitrogen and oxygen atoms in total. The molecule has 1 amide bonds. The maximum absolute atomic E-state index is 12.0. The molecule has 0 bridgehead atoms. The van der Waals surface area contributed by atoms with E-state index in [1.165, 1.54) is 4.90 Å². The standard InChI is InChI=1S/C28H55NO10/c1-7-9-10-25(8-2)26(30)38-24-23-37-22-21-36-20-19-35-18-17-34-16-15-33-14-13-32-12-11-29(6)27(31)39-28(3,4)5/h25H,7-24H2,1-6H3. The molecule has 0 aromatic heterocycles. The van der Waals surface area contributed by atoms with Crippen molar-refractivity contribution in [1.29, 1.82) is 0 Å². The average molecular weight is 566 g/mol. The lowest BCUT2D eigenvalue weighted by atomic mass is 10.00. The van der Waals surface area contributed by atoms with Gasteiger partial charge in [0.15, 0.2) is 0 Å². The molecule has 1 unspecified atom stereocenters. The normalized spacial score (nSPS) is 12.4. The molecule has 0 aromatic rings. The van der Waals surface area contributed by atoms with Gasteiger partial charge in [0.05, 0.1) is 85.2 Å². The van der Waals surface area contributed by atoms with E-state index in [0.717, 1.165) is 25.7 Å². The topological polar surface area (TPSA) is 111 Å². The number of hydrogen-bond acceptors (Lipinski definition) is 10. The number of carbonyl (C=O) groups excluding carboxylic acids is 2. The highest BCUT2D eigenvalue weighted by molar-refractivity contribution is 5.72. The zero-order valence-corrected chi connectivity index (χ0v) is 25.3. The number of unbranched alkanes of at least 4 members (excludes halogenated alkanes) is 1. The molecule has 0 spiro atoms. The highest BCUT2D eigenvalue weighted by Crippen LogP contribution is 2.14. The predicted octanol–water partition coefficient (Wildman–Crippen LogP) is 3.71. The summed E-state index contributed by atoms with van der Waals surface area (Å²) in [6.45, 7) is 15.8. The van der Waals surface area contributed by atoms with Gasteiger partial charge in [-0.1, -0.05) is 26.7 Å². The van der Waals surface area contributed by atoms with Gasteiger partial charge < -0.3 is 42.8 Å². The van der Waals surface area contributed by atoms with Gasteiger partial charge in [-0.05, 0) is 33.6 Å². The first-order valence-electron chi connectivity index (χ1n) is 14.3. The lowest BCUT2D eigenvalue weighted by Crippen LogP contribution is -2.36. The number of nitrogens with zero attached hydrogens (tertiary/aromatic N) is 1. The zero-order valence-electron chi connectivity index (χ0n) is 25.3. The summed E-state index contributed by atoms with van der Waals surface area (Å²) in [6.07, 6.45) is 3.47. The van der Waals surface area contributed by atoms with Crippen molar-refractivity contribution in [2.24, 2.45) is 5.92 Å². The fraction of sp³-hybridized carbons (Fsp3) is 0.929. The van der Waals surface area contributed by atoms with Crippen molar-refractivity contribution >= 4 is 12.1 Å². The Balaban J connectivity index is 3.31. The summed E-state index contributed by atoms with van der Waals surface area (Å²) in [5.41, 5.74) is -0.508. The van der Waals surface area contributed by atoms with Gasteiger partial charge in [0.25, 0.3) is 0 Å². The van der Waals surface area contributed by atoms with Crippen LogP contribution in [0.1, 0.15) is 60.3 Å². The minimum absolute atomic E-state index is 0.00411. The van der Waals surface area contributed by atoms with Crippen molar-refractivity contribution in [3.63, 3.8) is 0 Å². The molecule has 0 aliphatic rings. The Morgan fingerprint density at radius 1 is 0.667 bits per heavy atom. The van der Waals surface area contributed by atoms with E-state index in [2.05, 4.69) is 6.92 Å². The molecule has 0 aromatic carbocycles. The van der Waals surface area contributed by atoms with Gasteiger partial charge in [-0.3, -0.25) is 4.79 Å². The molecule has 0 saturated heterocycles. The Hall–Kier alpha value is -1.50. The Kier molecular flexibility index (Phi) is 24.5. The summed E-state index contributed by atoms with van der Waals surface area (Å²) in [5, 5.41) is 0. The van der Waals surface area contributed by atoms with Crippen LogP contribution in [0.5, 0.6) is 0 Å². The molecule has 11 heteroatoms. The molecule has 0 saturated carbocycles. The van der Waals surface area contributed by atoms with Gasteiger partial charge >= 0.3 is 12.1 Å². The largest absolute Gasteiger partial charge is 0.463 e. The van der Waals surface area contributed by atoms with Crippen LogP contribution in [-0.2, 0) is 42.7 Å². The van der Waals surface area contributed by atoms with Crippen LogP contribution in [0, 0.1) is 5.92 Å². The van der Waals surface area contributed by atoms with Crippen LogP contribution in [0.25, 0.3) is 0 Å². The number of esters is 1. The molecule has 0 rings (SSSR count). The van der Waals surface area contributed by atoms with E-state index >= 15 is 0 Å². The molecular formula is C28H55NO10. The van der Waals surface area contributed by atoms with Crippen LogP contribution in [0.2, 0.25) is 0 Å². The molecule has 232 valence electrons. The number of carbonyl (C=O) groups is 2. The van der Waals surface area contributed by atoms with Crippen molar-refractivity contribution in [3.8, 4) is 0 Å². The maximum atomic E-state index is 12.0. The molecule has 0 aliphatic heterocycles. The monoisotopic (exact) mass is 565 g/mol. The van der Waals surface area contributed by atoms with E-state index in [1.807, 2.05) is 27.7 Å². The lowest BCUT2D eigenvalue weighted by Gasteiger charge is -2.24. The predicted molar refractivity (Wildman–Crippen MR) is 148 cm³/mol. The van der Waals surface area contributed by atoms with E-state index in [-0.39, 0.29) is 24.6 Å². The molecule has 0 radical (unpaired) electrons. The quantitative estimate of drug-likeness (QED) is 0.114. The number of amides is 1. The van der Waals surface area contributed by atoms with Crippen molar-refractivity contribution < 1.29 is 47.5 Å². The first-order valence-corrected chi connectivity index (χ1v) is 14.3. The van der Waals surface area contributed by atoms with Crippen LogP contribution < -0.4 is 0 Å². The Bertz CT molecular complexity index is 585. The van der Waals surface area contributed by atoms with Crippen LogP contribution in [0.4, 0.5) is 4.79 Å². The van der Waals surface area contributed by atoms with Crippen LogP contribution in [0.3, 0.4) is 0 Å². The number of rotatable bonds is 26. The summed E-state index contributed by atoms with van der Waals surface area (Å²) in [6, 6.07) is 0. The number of hydrogen-bond donors (Lipinski definition) is 0. The van der Waals surface area contributed by atoms with Crippen LogP contribution in [-0.4, -0.2) is 122 Å². The first kappa shape index (κ1) is 37.5. The zero-order chi connectivity index (χ0) is 29.2. The second kappa shape index (κ2) is 25.5. The minimum Gasteiger partial charge on any atom is -0.463 e. The Morgan fingerprint density at radius 3 is 1.46 bits per heavy atom. The second-order valence-corrected chi connectivity index (χ2v) is 9.99. The van der Waals surface area contributed by atoms with E-state index in [4.69, 9.17) is 37.9 Å². The molecule has 39 heavy (non-hydrogen) atoms. The van der Waals surface area contributed by atoms with E-state index in [0.29, 0.717) is 85.8 Å². The lowest BCUT2D eigenvalue weighted by molar-refractivity contribution is -0.150. The molecule has 0 aliphatic carbocycles. The number of ether oxygens (including phenoxy) is 8. The van der Waals surface area contributed by atoms with Crippen molar-refractivity contribution in [2.75, 3.05) is 99.5 Å². The third-order valence-electron chi connectivity index (χ3n) is 5.34. The first-order chi connectivity index (χ1) is 18.7. The summed E-state index contributed by atoms with van der Waals surface area (Å²) in [4.78, 5) is 25.3. The molecule has 0 fully saturated rings. The minimum atomic E-state index is -0.508. The van der Waals surface area contributed by atoms with E-state index < -0.39 is 5.60 Å². The fourth-order valence-electron chi connectivity index (χ4n) is 3.09. The van der Waals surface area contributed by atoms with Gasteiger partial charge in [-0.2, -0.15) is 0 Å². The van der Waals surface area contributed by atoms with E-state index in [1.54, 1.807) is 7.05 Å². The van der Waals surface area contributed by atoms with Crippen LogP contribution >= 0.6 is 0 Å². The average Bonchev–Trinajstić information content (AvgIpc) is 2.88. The van der Waals surface area contributed by atoms with E-state index in [9.17, 15) is 9.59 Å². The van der Waals surface area contributed by atoms with Crippen molar-refractivity contribution in [1.82, 2.24) is 4.90 Å². The third kappa shape index (κ3) is 25.2. The summed E-state index contributed by atoms with van der Waals surface area (Å²) in [5.74, 6) is -0.127. The smallest absolute Gasteiger partial charge is 0.410 e. The van der Waals surface area contributed by atoms with Gasteiger partial charge in [0.1, 0.15) is 12.2 Å². The second-order valence-electron chi connectivity index (χ2n) is 9.99. The van der Waals surface area contributed by atoms with Crippen molar-refractivity contribution in [3.05, 3.63) is 0 Å². The summed E-state index contributed by atoms with van der Waals surface area (Å²) < 4.78 is 43.3. The SMILES string of the molecule is CCCCC(CC)C(=O)OCCOCCOCCOCCOCCOCCOCCN(C)C(=O)OC(C)(C)C. The number of likely N-dealkylation sites (N-methyl/N-ethyl adjacent to an activating group) is 1. The maximum Gasteiger partial charge on any atom is 0.410 e. The van der Waals surface area contributed by atoms with Gasteiger partial charge in [0, 0.05) is 13.6 Å².